The van der Waals surface area contributed by atoms with Crippen LogP contribution in [0.4, 0.5) is 9.18 Å². The number of carbonyl (C=O) groups is 3. The Labute approximate surface area is 198 Å². The largest absolute Gasteiger partial charge is 0.469 e. The summed E-state index contributed by atoms with van der Waals surface area (Å²) in [5.41, 5.74) is 0.196. The molecule has 2 aromatic carbocycles. The van der Waals surface area contributed by atoms with Crippen molar-refractivity contribution in [3.8, 4) is 0 Å². The van der Waals surface area contributed by atoms with Gasteiger partial charge in [0.15, 0.2) is 5.78 Å². The Morgan fingerprint density at radius 1 is 1.09 bits per heavy atom. The Morgan fingerprint density at radius 2 is 1.76 bits per heavy atom. The number of hydrogen-bond acceptors (Lipinski definition) is 6. The highest BCUT2D eigenvalue weighted by Gasteiger charge is 2.51. The van der Waals surface area contributed by atoms with Gasteiger partial charge in [-0.1, -0.05) is 42.5 Å². The molecule has 3 rings (SSSR count). The Hall–Kier alpha value is -3.26. The highest BCUT2D eigenvalue weighted by molar-refractivity contribution is 5.95. The number of benzene rings is 2. The Bertz CT molecular complexity index is 994. The molecule has 1 saturated heterocycles. The molecule has 1 amide bonds. The normalized spacial score (nSPS) is 19.4. The average molecular weight is 472 g/mol. The zero-order valence-corrected chi connectivity index (χ0v) is 19.4. The number of hydrogen-bond donors (Lipinski definition) is 1. The first-order valence-electron chi connectivity index (χ1n) is 11.3. The van der Waals surface area contributed by atoms with E-state index in [9.17, 15) is 23.9 Å². The van der Waals surface area contributed by atoms with Gasteiger partial charge in [-0.3, -0.25) is 14.5 Å². The number of halogens is 1. The Balaban J connectivity index is 1.89. The number of methoxy groups -OCH3 is 1. The van der Waals surface area contributed by atoms with Crippen molar-refractivity contribution in [2.24, 2.45) is 5.92 Å². The molecule has 182 valence electrons. The molecule has 8 heteroatoms. The maximum atomic E-state index is 13.7. The molecule has 1 aliphatic heterocycles. The van der Waals surface area contributed by atoms with Gasteiger partial charge < -0.3 is 14.6 Å². The van der Waals surface area contributed by atoms with E-state index in [0.717, 1.165) is 5.56 Å². The molecule has 0 saturated carbocycles. The number of likely N-dealkylation sites (tertiary alicyclic amines) is 1. The molecule has 1 N–H and O–H groups in total. The smallest absolute Gasteiger partial charge is 0.410 e. The lowest BCUT2D eigenvalue weighted by molar-refractivity contribution is -0.152. The van der Waals surface area contributed by atoms with Crippen molar-refractivity contribution in [1.82, 2.24) is 4.90 Å². The van der Waals surface area contributed by atoms with Gasteiger partial charge in [0.25, 0.3) is 0 Å². The quantitative estimate of drug-likeness (QED) is 0.561. The highest BCUT2D eigenvalue weighted by Crippen LogP contribution is 2.37. The number of Topliss-reactive ketones (excluding diaryl/α,β-unsaturated/α-hetero) is 1. The molecule has 0 aromatic heterocycles. The van der Waals surface area contributed by atoms with E-state index in [1.54, 1.807) is 12.1 Å². The topological polar surface area (TPSA) is 93.1 Å². The van der Waals surface area contributed by atoms with Crippen molar-refractivity contribution >= 4 is 17.8 Å². The number of esters is 1. The molecule has 0 aliphatic carbocycles. The summed E-state index contributed by atoms with van der Waals surface area (Å²) in [6.45, 7) is 1.77. The van der Waals surface area contributed by atoms with E-state index < -0.39 is 35.4 Å². The van der Waals surface area contributed by atoms with E-state index in [2.05, 4.69) is 0 Å². The van der Waals surface area contributed by atoms with Gasteiger partial charge in [0.1, 0.15) is 18.0 Å². The summed E-state index contributed by atoms with van der Waals surface area (Å²) in [7, 11) is 1.19. The van der Waals surface area contributed by atoms with Crippen molar-refractivity contribution in [1.29, 1.82) is 0 Å². The summed E-state index contributed by atoms with van der Waals surface area (Å²) in [5.74, 6) is -2.54. The number of carbonyl (C=O) groups excluding carboxylic acids is 3. The number of ketones is 1. The van der Waals surface area contributed by atoms with E-state index in [0.29, 0.717) is 24.9 Å². The molecule has 0 radical (unpaired) electrons. The maximum Gasteiger partial charge on any atom is 0.410 e. The van der Waals surface area contributed by atoms with Gasteiger partial charge in [-0.15, -0.1) is 0 Å². The SMILES string of the molecule is COC(=O)[C@@H](CC(=O)C1(Cc2ccc(F)cc2)CCCN1C(=O)OCc1ccccc1)[C@@H](C)O. The van der Waals surface area contributed by atoms with Gasteiger partial charge >= 0.3 is 12.1 Å². The van der Waals surface area contributed by atoms with E-state index in [1.165, 1.54) is 31.1 Å². The second-order valence-corrected chi connectivity index (χ2v) is 8.63. The summed E-state index contributed by atoms with van der Waals surface area (Å²) in [6, 6.07) is 14.9. The average Bonchev–Trinajstić information content (AvgIpc) is 3.27. The van der Waals surface area contributed by atoms with Crippen LogP contribution in [-0.4, -0.2) is 53.1 Å². The molecule has 7 nitrogen and oxygen atoms in total. The van der Waals surface area contributed by atoms with Crippen LogP contribution in [0.3, 0.4) is 0 Å². The number of rotatable bonds is 9. The molecule has 34 heavy (non-hydrogen) atoms. The minimum absolute atomic E-state index is 0.0510. The van der Waals surface area contributed by atoms with Crippen molar-refractivity contribution in [3.63, 3.8) is 0 Å². The van der Waals surface area contributed by atoms with E-state index in [1.807, 2.05) is 30.3 Å². The van der Waals surface area contributed by atoms with Crippen LogP contribution in [0.1, 0.15) is 37.3 Å². The molecule has 2 aromatic rings. The summed E-state index contributed by atoms with van der Waals surface area (Å²) in [4.78, 5) is 40.5. The number of ether oxygens (including phenoxy) is 2. The highest BCUT2D eigenvalue weighted by atomic mass is 19.1. The third-order valence-electron chi connectivity index (χ3n) is 6.33. The number of aliphatic hydroxyl groups is 1. The first kappa shape index (κ1) is 25.4. The number of nitrogens with zero attached hydrogens (tertiary/aromatic N) is 1. The summed E-state index contributed by atoms with van der Waals surface area (Å²) in [5, 5.41) is 10.1. The molecule has 0 spiro atoms. The first-order chi connectivity index (χ1) is 16.3. The van der Waals surface area contributed by atoms with Crippen molar-refractivity contribution in [3.05, 3.63) is 71.5 Å². The van der Waals surface area contributed by atoms with Crippen LogP contribution in [0.15, 0.2) is 54.6 Å². The molecule has 1 heterocycles. The standard InChI is InChI=1S/C26H30FNO6/c1-18(29)22(24(31)33-2)15-23(30)26(16-19-9-11-21(27)12-10-19)13-6-14-28(26)25(32)34-17-20-7-4-3-5-8-20/h3-5,7-12,18,22,29H,6,13-17H2,1-2H3/t18-,22+,26?/m1/s1. The Morgan fingerprint density at radius 3 is 2.38 bits per heavy atom. The van der Waals surface area contributed by atoms with E-state index in [4.69, 9.17) is 9.47 Å². The van der Waals surface area contributed by atoms with Gasteiger partial charge in [-0.2, -0.15) is 0 Å². The molecule has 0 bridgehead atoms. The molecule has 1 aliphatic rings. The summed E-state index contributed by atoms with van der Waals surface area (Å²) < 4.78 is 23.8. The van der Waals surface area contributed by atoms with Crippen LogP contribution in [0, 0.1) is 11.7 Å². The monoisotopic (exact) mass is 471 g/mol. The lowest BCUT2D eigenvalue weighted by atomic mass is 9.79. The van der Waals surface area contributed by atoms with Crippen LogP contribution in [0.2, 0.25) is 0 Å². The number of aliphatic hydroxyl groups excluding tert-OH is 1. The second-order valence-electron chi connectivity index (χ2n) is 8.63. The molecule has 1 fully saturated rings. The first-order valence-corrected chi connectivity index (χ1v) is 11.3. The van der Waals surface area contributed by atoms with Crippen molar-refractivity contribution in [2.45, 2.75) is 50.9 Å². The van der Waals surface area contributed by atoms with Gasteiger partial charge in [0.2, 0.25) is 0 Å². The minimum Gasteiger partial charge on any atom is -0.469 e. The second kappa shape index (κ2) is 11.2. The van der Waals surface area contributed by atoms with Crippen LogP contribution < -0.4 is 0 Å². The van der Waals surface area contributed by atoms with Crippen LogP contribution >= 0.6 is 0 Å². The number of amides is 1. The molecular formula is C26H30FNO6. The van der Waals surface area contributed by atoms with E-state index in [-0.39, 0.29) is 25.2 Å². The molecule has 3 atom stereocenters. The molecular weight excluding hydrogens is 441 g/mol. The lowest BCUT2D eigenvalue weighted by Crippen LogP contribution is -2.55. The van der Waals surface area contributed by atoms with Crippen LogP contribution in [-0.2, 0) is 32.1 Å². The fourth-order valence-corrected chi connectivity index (χ4v) is 4.45. The van der Waals surface area contributed by atoms with Crippen molar-refractivity contribution in [2.75, 3.05) is 13.7 Å². The zero-order valence-electron chi connectivity index (χ0n) is 19.4. The summed E-state index contributed by atoms with van der Waals surface area (Å²) >= 11 is 0. The third kappa shape index (κ3) is 5.80. The summed E-state index contributed by atoms with van der Waals surface area (Å²) in [6.07, 6.45) is -0.987. The van der Waals surface area contributed by atoms with Crippen molar-refractivity contribution < 1.29 is 33.4 Å². The maximum absolute atomic E-state index is 13.7. The van der Waals surface area contributed by atoms with Gasteiger partial charge in [-0.25, -0.2) is 9.18 Å². The molecule has 1 unspecified atom stereocenters. The van der Waals surface area contributed by atoms with Gasteiger partial charge in [-0.05, 0) is 43.0 Å². The predicted molar refractivity (Wildman–Crippen MR) is 122 cm³/mol. The zero-order chi connectivity index (χ0) is 24.7. The minimum atomic E-state index is -1.28. The predicted octanol–water partition coefficient (Wildman–Crippen LogP) is 3.67. The van der Waals surface area contributed by atoms with E-state index >= 15 is 0 Å². The van der Waals surface area contributed by atoms with Gasteiger partial charge in [0, 0.05) is 19.4 Å². The van der Waals surface area contributed by atoms with Crippen LogP contribution in [0.25, 0.3) is 0 Å². The Kier molecular flexibility index (Phi) is 8.39. The van der Waals surface area contributed by atoms with Crippen LogP contribution in [0.5, 0.6) is 0 Å². The lowest BCUT2D eigenvalue weighted by Gasteiger charge is -2.37. The third-order valence-corrected chi connectivity index (χ3v) is 6.33. The fraction of sp³-hybridized carbons (Fsp3) is 0.423. The fourth-order valence-electron chi connectivity index (χ4n) is 4.45. The van der Waals surface area contributed by atoms with Gasteiger partial charge in [0.05, 0.1) is 19.1 Å².